The number of benzene rings is 1. The van der Waals surface area contributed by atoms with Crippen molar-refractivity contribution in [2.45, 2.75) is 39.5 Å². The number of halogens is 1. The number of nitrogens with zero attached hydrogens (tertiary/aromatic N) is 6. The average molecular weight is 405 g/mol. The summed E-state index contributed by atoms with van der Waals surface area (Å²) in [4.78, 5) is 11.8. The Morgan fingerprint density at radius 2 is 1.93 bits per heavy atom. The summed E-state index contributed by atoms with van der Waals surface area (Å²) in [6.07, 6.45) is 5.97. The molecule has 7 nitrogen and oxygen atoms in total. The van der Waals surface area contributed by atoms with Crippen LogP contribution in [0.15, 0.2) is 42.9 Å². The lowest BCUT2D eigenvalue weighted by atomic mass is 10.2. The van der Waals surface area contributed by atoms with Crippen LogP contribution in [0.25, 0.3) is 11.0 Å². The molecule has 0 fully saturated rings. The maximum Gasteiger partial charge on any atom is 0.225 e. The Balaban J connectivity index is 1.34. The molecule has 4 heterocycles. The molecule has 3 aromatic heterocycles. The third kappa shape index (κ3) is 3.28. The maximum absolute atomic E-state index is 13.1. The molecule has 5 rings (SSSR count). The largest absolute Gasteiger partial charge is 0.353 e. The van der Waals surface area contributed by atoms with Gasteiger partial charge in [-0.2, -0.15) is 10.1 Å². The van der Waals surface area contributed by atoms with E-state index in [0.717, 1.165) is 40.1 Å². The molecule has 0 bridgehead atoms. The van der Waals surface area contributed by atoms with Crippen LogP contribution >= 0.6 is 0 Å². The molecule has 1 aromatic carbocycles. The van der Waals surface area contributed by atoms with Crippen LogP contribution in [0.4, 0.5) is 16.2 Å². The topological polar surface area (TPSA) is 63.8 Å². The molecule has 154 valence electrons. The summed E-state index contributed by atoms with van der Waals surface area (Å²) in [6, 6.07) is 6.85. The number of hydrogen-bond acceptors (Lipinski definition) is 5. The molecule has 0 amide bonds. The van der Waals surface area contributed by atoms with Crippen molar-refractivity contribution in [2.75, 3.05) is 17.3 Å². The first-order chi connectivity index (χ1) is 14.5. The fraction of sp³-hybridized carbons (Fsp3) is 0.318. The highest BCUT2D eigenvalue weighted by atomic mass is 19.1. The van der Waals surface area contributed by atoms with Crippen LogP contribution in [-0.2, 0) is 19.6 Å². The van der Waals surface area contributed by atoms with E-state index in [1.54, 1.807) is 12.1 Å². The Morgan fingerprint density at radius 1 is 1.13 bits per heavy atom. The monoisotopic (exact) mass is 405 g/mol. The second kappa shape index (κ2) is 7.12. The molecule has 0 saturated carbocycles. The number of rotatable bonds is 5. The number of likely N-dealkylation sites (N-methyl/N-ethyl adjacent to an activating group) is 1. The van der Waals surface area contributed by atoms with Crippen molar-refractivity contribution in [1.29, 1.82) is 0 Å². The highest BCUT2D eigenvalue weighted by Gasteiger charge is 2.26. The molecule has 0 saturated heterocycles. The van der Waals surface area contributed by atoms with E-state index in [0.29, 0.717) is 25.1 Å². The van der Waals surface area contributed by atoms with E-state index in [2.05, 4.69) is 47.0 Å². The van der Waals surface area contributed by atoms with E-state index in [1.807, 2.05) is 17.1 Å². The van der Waals surface area contributed by atoms with Gasteiger partial charge < -0.3 is 14.8 Å². The van der Waals surface area contributed by atoms with Gasteiger partial charge in [-0.15, -0.1) is 0 Å². The lowest BCUT2D eigenvalue weighted by Gasteiger charge is -2.32. The van der Waals surface area contributed by atoms with Gasteiger partial charge in [0.2, 0.25) is 5.95 Å². The highest BCUT2D eigenvalue weighted by Crippen LogP contribution is 2.33. The lowest BCUT2D eigenvalue weighted by molar-refractivity contribution is 0.553. The molecule has 1 N–H and O–H groups in total. The van der Waals surface area contributed by atoms with Crippen molar-refractivity contribution in [1.82, 2.24) is 24.3 Å². The van der Waals surface area contributed by atoms with Gasteiger partial charge in [0.1, 0.15) is 11.3 Å². The molecule has 1 atom stereocenters. The normalized spacial score (nSPS) is 15.7. The van der Waals surface area contributed by atoms with Crippen molar-refractivity contribution < 1.29 is 4.39 Å². The second-order valence-corrected chi connectivity index (χ2v) is 8.02. The zero-order valence-electron chi connectivity index (χ0n) is 17.3. The standard InChI is InChI=1S/C22H24FN7/c1-14-10-29-11-15(2)28(3)21-20(29)19(14)26-22(27-21)24-8-17-9-25-30(13-17)12-16-4-6-18(23)7-5-16/h4-7,9-10,13,15H,8,11-12H2,1-3H3,(H,24,26,27)/t15-/m0/s1. The van der Waals surface area contributed by atoms with Crippen LogP contribution in [0.2, 0.25) is 0 Å². The molecule has 0 radical (unpaired) electrons. The number of aromatic nitrogens is 5. The van der Waals surface area contributed by atoms with E-state index in [-0.39, 0.29) is 5.82 Å². The molecular formula is C22H24FN7. The average Bonchev–Trinajstić information content (AvgIpc) is 3.31. The third-order valence-electron chi connectivity index (χ3n) is 5.73. The van der Waals surface area contributed by atoms with E-state index in [9.17, 15) is 4.39 Å². The van der Waals surface area contributed by atoms with Gasteiger partial charge in [-0.05, 0) is 37.1 Å². The number of aryl methyl sites for hydroxylation is 1. The van der Waals surface area contributed by atoms with E-state index < -0.39 is 0 Å². The molecule has 30 heavy (non-hydrogen) atoms. The van der Waals surface area contributed by atoms with E-state index in [4.69, 9.17) is 9.97 Å². The molecule has 0 aliphatic carbocycles. The minimum Gasteiger partial charge on any atom is -0.353 e. The second-order valence-electron chi connectivity index (χ2n) is 8.02. The van der Waals surface area contributed by atoms with Crippen molar-refractivity contribution in [3.8, 4) is 0 Å². The molecule has 1 aliphatic rings. The fourth-order valence-corrected chi connectivity index (χ4v) is 3.97. The minimum atomic E-state index is -0.231. The first kappa shape index (κ1) is 18.6. The van der Waals surface area contributed by atoms with Crippen LogP contribution in [0.5, 0.6) is 0 Å². The molecule has 8 heteroatoms. The van der Waals surface area contributed by atoms with Crippen LogP contribution in [0.3, 0.4) is 0 Å². The molecule has 0 unspecified atom stereocenters. The maximum atomic E-state index is 13.1. The predicted octanol–water partition coefficient (Wildman–Crippen LogP) is 3.57. The van der Waals surface area contributed by atoms with Crippen LogP contribution in [0, 0.1) is 12.7 Å². The van der Waals surface area contributed by atoms with Crippen molar-refractivity contribution >= 4 is 22.8 Å². The molecule has 0 spiro atoms. The lowest BCUT2D eigenvalue weighted by Crippen LogP contribution is -2.37. The number of anilines is 2. The van der Waals surface area contributed by atoms with Crippen molar-refractivity contribution in [3.05, 3.63) is 65.4 Å². The zero-order chi connectivity index (χ0) is 20.8. The third-order valence-corrected chi connectivity index (χ3v) is 5.73. The van der Waals surface area contributed by atoms with Crippen molar-refractivity contribution in [3.63, 3.8) is 0 Å². The Morgan fingerprint density at radius 3 is 2.73 bits per heavy atom. The van der Waals surface area contributed by atoms with Gasteiger partial charge >= 0.3 is 0 Å². The molecular weight excluding hydrogens is 381 g/mol. The minimum absolute atomic E-state index is 0.231. The van der Waals surface area contributed by atoms with Gasteiger partial charge in [0, 0.05) is 44.1 Å². The first-order valence-electron chi connectivity index (χ1n) is 10.1. The summed E-state index contributed by atoms with van der Waals surface area (Å²) in [5.74, 6) is 1.35. The van der Waals surface area contributed by atoms with Crippen molar-refractivity contribution in [2.24, 2.45) is 0 Å². The number of nitrogens with one attached hydrogen (secondary N) is 1. The van der Waals surface area contributed by atoms with Gasteiger partial charge in [-0.25, -0.2) is 9.37 Å². The quantitative estimate of drug-likeness (QED) is 0.550. The Bertz CT molecular complexity index is 1210. The highest BCUT2D eigenvalue weighted by molar-refractivity contribution is 5.91. The van der Waals surface area contributed by atoms with E-state index in [1.165, 1.54) is 12.1 Å². The summed E-state index contributed by atoms with van der Waals surface area (Å²) in [6.45, 7) is 6.41. The van der Waals surface area contributed by atoms with Gasteiger partial charge in [-0.1, -0.05) is 12.1 Å². The number of hydrogen-bond donors (Lipinski definition) is 1. The Labute approximate surface area is 174 Å². The summed E-state index contributed by atoms with van der Waals surface area (Å²) in [5, 5.41) is 7.76. The van der Waals surface area contributed by atoms with Crippen LogP contribution in [-0.4, -0.2) is 37.4 Å². The summed E-state index contributed by atoms with van der Waals surface area (Å²) >= 11 is 0. The van der Waals surface area contributed by atoms with Gasteiger partial charge in [0.25, 0.3) is 0 Å². The van der Waals surface area contributed by atoms with Crippen LogP contribution < -0.4 is 10.2 Å². The van der Waals surface area contributed by atoms with E-state index >= 15 is 0 Å². The zero-order valence-corrected chi connectivity index (χ0v) is 17.3. The SMILES string of the molecule is Cc1cn2c3c(nc(NCc4cnn(Cc5ccc(F)cc5)c4)nc13)N(C)[C@@H](C)C2. The summed E-state index contributed by atoms with van der Waals surface area (Å²) < 4.78 is 17.2. The Hall–Kier alpha value is -3.42. The molecule has 1 aliphatic heterocycles. The van der Waals surface area contributed by atoms with Crippen LogP contribution in [0.1, 0.15) is 23.6 Å². The van der Waals surface area contributed by atoms with Gasteiger partial charge in [0.15, 0.2) is 5.82 Å². The predicted molar refractivity (Wildman–Crippen MR) is 115 cm³/mol. The molecule has 4 aromatic rings. The smallest absolute Gasteiger partial charge is 0.225 e. The Kier molecular flexibility index (Phi) is 4.42. The first-order valence-corrected chi connectivity index (χ1v) is 10.1. The fourth-order valence-electron chi connectivity index (χ4n) is 3.97. The van der Waals surface area contributed by atoms with Gasteiger partial charge in [0.05, 0.1) is 18.3 Å². The van der Waals surface area contributed by atoms with Gasteiger partial charge in [-0.3, -0.25) is 4.68 Å². The summed E-state index contributed by atoms with van der Waals surface area (Å²) in [7, 11) is 2.08. The summed E-state index contributed by atoms with van der Waals surface area (Å²) in [5.41, 5.74) is 5.29.